The van der Waals surface area contributed by atoms with Crippen molar-refractivity contribution in [1.29, 1.82) is 0 Å². The molecule has 0 saturated carbocycles. The lowest BCUT2D eigenvalue weighted by Gasteiger charge is -2.38. The van der Waals surface area contributed by atoms with Crippen LogP contribution < -0.4 is 4.90 Å². The van der Waals surface area contributed by atoms with Gasteiger partial charge in [-0.2, -0.15) is 0 Å². The van der Waals surface area contributed by atoms with Crippen LogP contribution in [0.25, 0.3) is 10.2 Å². The molecule has 1 N–H and O–H groups in total. The lowest BCUT2D eigenvalue weighted by molar-refractivity contribution is -0.148. The van der Waals surface area contributed by atoms with Crippen molar-refractivity contribution in [2.24, 2.45) is 5.41 Å². The van der Waals surface area contributed by atoms with Crippen molar-refractivity contribution >= 4 is 33.3 Å². The van der Waals surface area contributed by atoms with Crippen molar-refractivity contribution in [3.8, 4) is 0 Å². The molecule has 0 spiro atoms. The topological polar surface area (TPSA) is 66.3 Å². The highest BCUT2D eigenvalue weighted by molar-refractivity contribution is 7.18. The number of carboxylic acid groups (broad SMARTS) is 1. The highest BCUT2D eigenvalue weighted by Crippen LogP contribution is 2.38. The Morgan fingerprint density at radius 2 is 2.19 bits per heavy atom. The molecule has 1 unspecified atom stereocenters. The summed E-state index contributed by atoms with van der Waals surface area (Å²) in [7, 11) is 0. The predicted molar refractivity (Wildman–Crippen MR) is 84.1 cm³/mol. The largest absolute Gasteiger partial charge is 0.481 e. The van der Waals surface area contributed by atoms with Crippen LogP contribution in [0.3, 0.4) is 0 Å². The molecule has 0 radical (unpaired) electrons. The van der Waals surface area contributed by atoms with Gasteiger partial charge in [0.05, 0.1) is 10.8 Å². The summed E-state index contributed by atoms with van der Waals surface area (Å²) in [4.78, 5) is 24.7. The Bertz CT molecular complexity index is 712. The highest BCUT2D eigenvalue weighted by atomic mass is 32.1. The number of aromatic nitrogens is 2. The summed E-state index contributed by atoms with van der Waals surface area (Å²) in [6.07, 6.45) is 3.17. The fourth-order valence-corrected chi connectivity index (χ4v) is 3.99. The van der Waals surface area contributed by atoms with Gasteiger partial charge in [-0.3, -0.25) is 4.79 Å². The minimum absolute atomic E-state index is 0.503. The van der Waals surface area contributed by atoms with Crippen molar-refractivity contribution in [3.05, 3.63) is 16.8 Å². The molecule has 1 atom stereocenters. The van der Waals surface area contributed by atoms with Crippen molar-refractivity contribution in [1.82, 2.24) is 9.97 Å². The van der Waals surface area contributed by atoms with E-state index in [-0.39, 0.29) is 0 Å². The van der Waals surface area contributed by atoms with E-state index < -0.39 is 11.4 Å². The van der Waals surface area contributed by atoms with Gasteiger partial charge in [0.2, 0.25) is 0 Å². The number of aryl methyl sites for hydroxylation is 2. The van der Waals surface area contributed by atoms with Crippen LogP contribution in [0.4, 0.5) is 5.82 Å². The number of fused-ring (bicyclic) bond motifs is 1. The van der Waals surface area contributed by atoms with E-state index in [1.807, 2.05) is 6.92 Å². The predicted octanol–water partition coefficient (Wildman–Crippen LogP) is 3.00. The van der Waals surface area contributed by atoms with E-state index in [1.54, 1.807) is 17.7 Å². The number of carbonyl (C=O) groups is 1. The van der Waals surface area contributed by atoms with E-state index in [2.05, 4.69) is 28.7 Å². The average molecular weight is 305 g/mol. The summed E-state index contributed by atoms with van der Waals surface area (Å²) >= 11 is 1.67. The molecule has 1 aliphatic rings. The maximum absolute atomic E-state index is 11.5. The number of thiophene rings is 1. The van der Waals surface area contributed by atoms with Gasteiger partial charge < -0.3 is 10.0 Å². The van der Waals surface area contributed by atoms with E-state index in [9.17, 15) is 9.90 Å². The van der Waals surface area contributed by atoms with Gasteiger partial charge in [0.15, 0.2) is 0 Å². The summed E-state index contributed by atoms with van der Waals surface area (Å²) in [6, 6.07) is 0. The monoisotopic (exact) mass is 305 g/mol. The van der Waals surface area contributed by atoms with Crippen LogP contribution in [0.15, 0.2) is 6.33 Å². The Kier molecular flexibility index (Phi) is 3.36. The van der Waals surface area contributed by atoms with Gasteiger partial charge in [-0.05, 0) is 39.2 Å². The molecule has 3 rings (SSSR count). The molecule has 1 fully saturated rings. The summed E-state index contributed by atoms with van der Waals surface area (Å²) in [5, 5.41) is 10.6. The Hall–Kier alpha value is -1.69. The second-order valence-corrected chi connectivity index (χ2v) is 7.25. The molecule has 21 heavy (non-hydrogen) atoms. The smallest absolute Gasteiger partial charge is 0.311 e. The fourth-order valence-electron chi connectivity index (χ4n) is 3.00. The minimum Gasteiger partial charge on any atom is -0.481 e. The number of rotatable bonds is 2. The van der Waals surface area contributed by atoms with Gasteiger partial charge >= 0.3 is 5.97 Å². The molecule has 1 aliphatic heterocycles. The molecule has 0 aromatic carbocycles. The van der Waals surface area contributed by atoms with Crippen LogP contribution in [-0.2, 0) is 4.79 Å². The zero-order valence-electron chi connectivity index (χ0n) is 12.5. The van der Waals surface area contributed by atoms with E-state index in [0.29, 0.717) is 13.0 Å². The molecule has 2 aromatic heterocycles. The maximum atomic E-state index is 11.5. The maximum Gasteiger partial charge on any atom is 0.311 e. The number of hydrogen-bond donors (Lipinski definition) is 1. The van der Waals surface area contributed by atoms with Crippen molar-refractivity contribution < 1.29 is 9.90 Å². The van der Waals surface area contributed by atoms with Gasteiger partial charge in [0.25, 0.3) is 0 Å². The van der Waals surface area contributed by atoms with Gasteiger partial charge in [-0.1, -0.05) is 0 Å². The first-order valence-corrected chi connectivity index (χ1v) is 7.93. The second-order valence-electron chi connectivity index (χ2n) is 6.05. The summed E-state index contributed by atoms with van der Waals surface area (Å²) in [6.45, 7) is 7.35. The molecule has 0 aliphatic carbocycles. The standard InChI is InChI=1S/C15H19N3O2S/c1-9-10(2)21-13-11(9)12(16-8-17-13)18-6-4-5-15(3,7-18)14(19)20/h8H,4-7H2,1-3H3,(H,19,20). The molecular weight excluding hydrogens is 286 g/mol. The SMILES string of the molecule is Cc1sc2ncnc(N3CCCC(C)(C(=O)O)C3)c2c1C. The summed E-state index contributed by atoms with van der Waals surface area (Å²) in [5.74, 6) is 0.157. The van der Waals surface area contributed by atoms with Crippen LogP contribution >= 0.6 is 11.3 Å². The summed E-state index contributed by atoms with van der Waals surface area (Å²) < 4.78 is 0. The normalized spacial score (nSPS) is 22.7. The number of anilines is 1. The molecule has 3 heterocycles. The number of aliphatic carboxylic acids is 1. The number of carboxylic acids is 1. The van der Waals surface area contributed by atoms with Crippen LogP contribution in [0.5, 0.6) is 0 Å². The minimum atomic E-state index is -0.726. The quantitative estimate of drug-likeness (QED) is 0.924. The van der Waals surface area contributed by atoms with Crippen LogP contribution in [0, 0.1) is 19.3 Å². The zero-order valence-corrected chi connectivity index (χ0v) is 13.3. The number of piperidine rings is 1. The molecule has 0 bridgehead atoms. The molecule has 6 heteroatoms. The van der Waals surface area contributed by atoms with E-state index in [0.717, 1.165) is 29.0 Å². The molecule has 2 aromatic rings. The molecule has 5 nitrogen and oxygen atoms in total. The van der Waals surface area contributed by atoms with E-state index >= 15 is 0 Å². The fraction of sp³-hybridized carbons (Fsp3) is 0.533. The average Bonchev–Trinajstić information content (AvgIpc) is 2.74. The first-order chi connectivity index (χ1) is 9.92. The Morgan fingerprint density at radius 1 is 1.43 bits per heavy atom. The molecule has 112 valence electrons. The zero-order chi connectivity index (χ0) is 15.2. The van der Waals surface area contributed by atoms with Crippen molar-refractivity contribution in [2.75, 3.05) is 18.0 Å². The third kappa shape index (κ3) is 2.27. The number of nitrogens with zero attached hydrogens (tertiary/aromatic N) is 3. The Balaban J connectivity index is 2.06. The first-order valence-electron chi connectivity index (χ1n) is 7.11. The highest BCUT2D eigenvalue weighted by Gasteiger charge is 2.38. The lowest BCUT2D eigenvalue weighted by Crippen LogP contribution is -2.46. The van der Waals surface area contributed by atoms with Crippen molar-refractivity contribution in [3.63, 3.8) is 0 Å². The van der Waals surface area contributed by atoms with Gasteiger partial charge in [-0.25, -0.2) is 9.97 Å². The van der Waals surface area contributed by atoms with Gasteiger partial charge in [0, 0.05) is 18.0 Å². The molecule has 0 amide bonds. The van der Waals surface area contributed by atoms with Gasteiger partial charge in [-0.15, -0.1) is 11.3 Å². The first kappa shape index (κ1) is 14.3. The third-order valence-electron chi connectivity index (χ3n) is 4.46. The van der Waals surface area contributed by atoms with Crippen LogP contribution in [-0.4, -0.2) is 34.1 Å². The van der Waals surface area contributed by atoms with E-state index in [1.165, 1.54) is 10.4 Å². The third-order valence-corrected chi connectivity index (χ3v) is 5.57. The summed E-state index contributed by atoms with van der Waals surface area (Å²) in [5.41, 5.74) is 0.502. The molecular formula is C15H19N3O2S. The number of hydrogen-bond acceptors (Lipinski definition) is 5. The van der Waals surface area contributed by atoms with Gasteiger partial charge in [0.1, 0.15) is 17.0 Å². The second kappa shape index (κ2) is 4.94. The van der Waals surface area contributed by atoms with Crippen LogP contribution in [0.2, 0.25) is 0 Å². The van der Waals surface area contributed by atoms with E-state index in [4.69, 9.17) is 0 Å². The van der Waals surface area contributed by atoms with Crippen LogP contribution in [0.1, 0.15) is 30.2 Å². The van der Waals surface area contributed by atoms with Crippen molar-refractivity contribution in [2.45, 2.75) is 33.6 Å². The molecule has 1 saturated heterocycles. The Labute approximate surface area is 127 Å². The Morgan fingerprint density at radius 3 is 2.90 bits per heavy atom. The lowest BCUT2D eigenvalue weighted by atomic mass is 9.82.